The third-order valence-electron chi connectivity index (χ3n) is 11.2. The number of carbonyl (C=O) groups is 4. The summed E-state index contributed by atoms with van der Waals surface area (Å²) in [6, 6.07) is 30.2. The average molecular weight is 807 g/mol. The summed E-state index contributed by atoms with van der Waals surface area (Å²) in [5.74, 6) is 0.970. The number of likely N-dealkylation sites (tertiary alicyclic amines) is 2. The number of methoxy groups -OCH3 is 2. The molecule has 4 heterocycles. The molecule has 2 aliphatic heterocycles. The lowest BCUT2D eigenvalue weighted by atomic mass is 10.1. The molecule has 0 spiro atoms. The standard InChI is InChI=1S/C46H46N8O6/c1-59-45(57)51-39(32-11-5-3-6-12-32)43(55)53-25-9-15-37(53)41-47-28-36(50-41)31-22-19-29(20-23-31)17-18-30-21-24-34-35(27-30)49-42(48-34)38-16-10-26-54(38)44(56)40(52-46(58)60-2)33-13-7-4-8-14-33/h3-8,11-14,17-24,27-28,37-40H,9-10,15-16,25-26H2,1-2H3,(H,47,50)(H,48,49)(H,51,57)(H,52,58)/b18-17+/t37-,38-,39+,40+/m0/s1. The first-order chi connectivity index (χ1) is 29.3. The predicted molar refractivity (Wildman–Crippen MR) is 226 cm³/mol. The van der Waals surface area contributed by atoms with E-state index in [9.17, 15) is 19.2 Å². The molecule has 2 saturated heterocycles. The highest BCUT2D eigenvalue weighted by Gasteiger charge is 2.38. The number of alkyl carbamates (subject to hydrolysis) is 2. The molecule has 2 fully saturated rings. The number of nitrogens with one attached hydrogen (secondary N) is 4. The molecular formula is C46H46N8O6. The van der Waals surface area contributed by atoms with Crippen molar-refractivity contribution in [3.8, 4) is 11.3 Å². The number of benzene rings is 4. The fourth-order valence-corrected chi connectivity index (χ4v) is 8.10. The summed E-state index contributed by atoms with van der Waals surface area (Å²) in [6.07, 6.45) is 7.71. The maximum atomic E-state index is 13.9. The van der Waals surface area contributed by atoms with E-state index in [4.69, 9.17) is 19.4 Å². The molecule has 2 aromatic heterocycles. The first-order valence-electron chi connectivity index (χ1n) is 20.0. The molecule has 2 aliphatic rings. The van der Waals surface area contributed by atoms with Crippen LogP contribution in [0.5, 0.6) is 0 Å². The number of aromatic amines is 2. The molecule has 4 aromatic carbocycles. The highest BCUT2D eigenvalue weighted by atomic mass is 16.5. The van der Waals surface area contributed by atoms with E-state index < -0.39 is 24.3 Å². The van der Waals surface area contributed by atoms with Crippen molar-refractivity contribution in [3.63, 3.8) is 0 Å². The summed E-state index contributed by atoms with van der Waals surface area (Å²) < 4.78 is 9.65. The van der Waals surface area contributed by atoms with E-state index in [-0.39, 0.29) is 23.9 Å². The number of hydrogen-bond donors (Lipinski definition) is 4. The van der Waals surface area contributed by atoms with Crippen molar-refractivity contribution in [1.29, 1.82) is 0 Å². The van der Waals surface area contributed by atoms with Crippen molar-refractivity contribution in [2.75, 3.05) is 27.3 Å². The van der Waals surface area contributed by atoms with Gasteiger partial charge in [-0.3, -0.25) is 9.59 Å². The molecule has 4 atom stereocenters. The van der Waals surface area contributed by atoms with E-state index >= 15 is 0 Å². The lowest BCUT2D eigenvalue weighted by Crippen LogP contribution is -2.42. The van der Waals surface area contributed by atoms with Gasteiger partial charge in [-0.15, -0.1) is 0 Å². The Hall–Kier alpha value is -7.22. The number of aromatic nitrogens is 4. The van der Waals surface area contributed by atoms with E-state index in [1.807, 2.05) is 121 Å². The van der Waals surface area contributed by atoms with Crippen LogP contribution in [0.4, 0.5) is 9.59 Å². The molecule has 6 aromatic rings. The number of amides is 4. The zero-order valence-corrected chi connectivity index (χ0v) is 33.3. The second-order valence-electron chi connectivity index (χ2n) is 14.9. The van der Waals surface area contributed by atoms with Crippen LogP contribution in [-0.4, -0.2) is 81.0 Å². The van der Waals surface area contributed by atoms with Crippen LogP contribution in [0.25, 0.3) is 34.4 Å². The van der Waals surface area contributed by atoms with Gasteiger partial charge in [-0.1, -0.05) is 103 Å². The van der Waals surface area contributed by atoms with Crippen LogP contribution in [0.1, 0.15) is 83.8 Å². The Morgan fingerprint density at radius 3 is 1.78 bits per heavy atom. The first-order valence-corrected chi connectivity index (χ1v) is 20.0. The Kier molecular flexibility index (Phi) is 11.7. The van der Waals surface area contributed by atoms with E-state index in [0.29, 0.717) is 35.9 Å². The van der Waals surface area contributed by atoms with Gasteiger partial charge < -0.3 is 39.9 Å². The zero-order valence-electron chi connectivity index (χ0n) is 33.3. The van der Waals surface area contributed by atoms with Gasteiger partial charge in [0.25, 0.3) is 11.8 Å². The molecule has 0 aliphatic carbocycles. The quantitative estimate of drug-likeness (QED) is 0.0967. The highest BCUT2D eigenvalue weighted by molar-refractivity contribution is 5.88. The number of nitrogens with zero attached hydrogens (tertiary/aromatic N) is 4. The average Bonchev–Trinajstić information content (AvgIpc) is 4.13. The molecule has 306 valence electrons. The third-order valence-corrected chi connectivity index (χ3v) is 11.2. The molecule has 4 amide bonds. The number of fused-ring (bicyclic) bond motifs is 1. The van der Waals surface area contributed by atoms with Gasteiger partial charge in [-0.25, -0.2) is 19.6 Å². The normalized spacial score (nSPS) is 17.4. The lowest BCUT2D eigenvalue weighted by molar-refractivity contribution is -0.135. The van der Waals surface area contributed by atoms with Crippen molar-refractivity contribution in [1.82, 2.24) is 40.4 Å². The van der Waals surface area contributed by atoms with Gasteiger partial charge in [0.2, 0.25) is 0 Å². The number of rotatable bonds is 11. The van der Waals surface area contributed by atoms with E-state index in [0.717, 1.165) is 59.1 Å². The SMILES string of the molecule is COC(=O)N[C@@H](C(=O)N1CCC[C@H]1c1nc(-c2ccc(/C=C/c3ccc4[nH]c([C@@H]5CCCN5C(=O)[C@H](NC(=O)OC)c5ccccc5)nc4c3)cc2)c[nH]1)c1ccccc1. The monoisotopic (exact) mass is 806 g/mol. The molecule has 0 bridgehead atoms. The van der Waals surface area contributed by atoms with Crippen molar-refractivity contribution in [2.24, 2.45) is 0 Å². The van der Waals surface area contributed by atoms with E-state index in [1.54, 1.807) is 9.80 Å². The largest absolute Gasteiger partial charge is 0.453 e. The number of ether oxygens (including phenoxy) is 2. The summed E-state index contributed by atoms with van der Waals surface area (Å²) >= 11 is 0. The summed E-state index contributed by atoms with van der Waals surface area (Å²) in [5.41, 5.74) is 6.69. The van der Waals surface area contributed by atoms with E-state index in [1.165, 1.54) is 14.2 Å². The molecule has 0 radical (unpaired) electrons. The van der Waals surface area contributed by atoms with Crippen LogP contribution in [0, 0.1) is 0 Å². The number of H-pyrrole nitrogens is 2. The van der Waals surface area contributed by atoms with Gasteiger partial charge in [0.1, 0.15) is 23.7 Å². The van der Waals surface area contributed by atoms with Crippen molar-refractivity contribution < 1.29 is 28.7 Å². The number of carbonyl (C=O) groups excluding carboxylic acids is 4. The maximum absolute atomic E-state index is 13.9. The van der Waals surface area contributed by atoms with Crippen LogP contribution in [0.3, 0.4) is 0 Å². The Morgan fingerprint density at radius 2 is 1.22 bits per heavy atom. The Balaban J connectivity index is 0.932. The van der Waals surface area contributed by atoms with Crippen LogP contribution in [0.2, 0.25) is 0 Å². The molecule has 0 unspecified atom stereocenters. The second-order valence-corrected chi connectivity index (χ2v) is 14.9. The molecule has 14 heteroatoms. The van der Waals surface area contributed by atoms with Crippen LogP contribution in [0.15, 0.2) is 109 Å². The lowest BCUT2D eigenvalue weighted by Gasteiger charge is -2.28. The first kappa shape index (κ1) is 39.6. The fourth-order valence-electron chi connectivity index (χ4n) is 8.10. The highest BCUT2D eigenvalue weighted by Crippen LogP contribution is 2.36. The predicted octanol–water partition coefficient (Wildman–Crippen LogP) is 7.65. The van der Waals surface area contributed by atoms with Gasteiger partial charge in [0.15, 0.2) is 0 Å². The fraction of sp³-hybridized carbons (Fsp3) is 0.261. The third kappa shape index (κ3) is 8.48. The summed E-state index contributed by atoms with van der Waals surface area (Å²) in [5, 5.41) is 5.42. The molecule has 8 rings (SSSR count). The summed E-state index contributed by atoms with van der Waals surface area (Å²) in [7, 11) is 2.56. The number of hydrogen-bond acceptors (Lipinski definition) is 8. The minimum atomic E-state index is -0.885. The minimum Gasteiger partial charge on any atom is -0.453 e. The van der Waals surface area contributed by atoms with Crippen LogP contribution in [-0.2, 0) is 19.1 Å². The van der Waals surface area contributed by atoms with Crippen LogP contribution < -0.4 is 10.6 Å². The van der Waals surface area contributed by atoms with E-state index in [2.05, 4.69) is 20.6 Å². The summed E-state index contributed by atoms with van der Waals surface area (Å²) in [4.78, 5) is 72.4. The molecule has 4 N–H and O–H groups in total. The van der Waals surface area contributed by atoms with Crippen LogP contribution >= 0.6 is 0 Å². The Labute approximate surface area is 347 Å². The van der Waals surface area contributed by atoms with Gasteiger partial charge in [0.05, 0.1) is 43.0 Å². The Bertz CT molecular complexity index is 2500. The van der Waals surface area contributed by atoms with Crippen molar-refractivity contribution >= 4 is 47.2 Å². The maximum Gasteiger partial charge on any atom is 0.407 e. The molecule has 14 nitrogen and oxygen atoms in total. The van der Waals surface area contributed by atoms with Gasteiger partial charge in [-0.05, 0) is 60.1 Å². The second kappa shape index (κ2) is 17.7. The van der Waals surface area contributed by atoms with Crippen molar-refractivity contribution in [2.45, 2.75) is 49.9 Å². The van der Waals surface area contributed by atoms with Crippen molar-refractivity contribution in [3.05, 3.63) is 143 Å². The van der Waals surface area contributed by atoms with Gasteiger partial charge >= 0.3 is 12.2 Å². The Morgan fingerprint density at radius 1 is 0.683 bits per heavy atom. The molecule has 60 heavy (non-hydrogen) atoms. The smallest absolute Gasteiger partial charge is 0.407 e. The zero-order chi connectivity index (χ0) is 41.6. The van der Waals surface area contributed by atoms with Gasteiger partial charge in [-0.2, -0.15) is 0 Å². The van der Waals surface area contributed by atoms with Gasteiger partial charge in [0, 0.05) is 24.8 Å². The molecular weight excluding hydrogens is 761 g/mol. The topological polar surface area (TPSA) is 175 Å². The molecule has 0 saturated carbocycles. The number of imidazole rings is 2. The summed E-state index contributed by atoms with van der Waals surface area (Å²) in [6.45, 7) is 1.10. The minimum absolute atomic E-state index is 0.215.